The molecule has 16 heavy (non-hydrogen) atoms. The van der Waals surface area contributed by atoms with Crippen molar-refractivity contribution in [3.05, 3.63) is 0 Å². The van der Waals surface area contributed by atoms with E-state index in [2.05, 4.69) is 0 Å². The van der Waals surface area contributed by atoms with Crippen LogP contribution in [0.25, 0.3) is 0 Å². The lowest BCUT2D eigenvalue weighted by molar-refractivity contribution is 0.0185. The van der Waals surface area contributed by atoms with Crippen LogP contribution in [-0.4, -0.2) is 40.9 Å². The molecule has 4 heteroatoms. The van der Waals surface area contributed by atoms with E-state index in [-0.39, 0.29) is 18.7 Å². The van der Waals surface area contributed by atoms with Crippen molar-refractivity contribution in [2.24, 2.45) is 0 Å². The zero-order chi connectivity index (χ0) is 12.8. The van der Waals surface area contributed by atoms with Crippen LogP contribution in [0.1, 0.15) is 47.5 Å². The highest BCUT2D eigenvalue weighted by atomic mass is 16.6. The molecule has 4 nitrogen and oxygen atoms in total. The Hall–Kier alpha value is -0.770. The molecular formula is C12H25NO3. The molecule has 0 saturated heterocycles. The maximum absolute atomic E-state index is 11.8. The number of amides is 1. The third kappa shape index (κ3) is 6.67. The van der Waals surface area contributed by atoms with Gasteiger partial charge in [-0.2, -0.15) is 0 Å². The number of unbranched alkanes of at least 4 members (excludes halogenated alkanes) is 1. The molecule has 0 heterocycles. The van der Waals surface area contributed by atoms with Crippen molar-refractivity contribution < 1.29 is 14.6 Å². The van der Waals surface area contributed by atoms with Gasteiger partial charge in [0.1, 0.15) is 5.60 Å². The number of hydrogen-bond acceptors (Lipinski definition) is 3. The molecule has 0 aromatic heterocycles. The summed E-state index contributed by atoms with van der Waals surface area (Å²) in [7, 11) is 0. The topological polar surface area (TPSA) is 49.8 Å². The number of carbonyl (C=O) groups is 1. The summed E-state index contributed by atoms with van der Waals surface area (Å²) in [6.45, 7) is 10.3. The summed E-state index contributed by atoms with van der Waals surface area (Å²) in [5.41, 5.74) is -0.457. The first-order valence-electron chi connectivity index (χ1n) is 5.88. The van der Waals surface area contributed by atoms with Crippen LogP contribution in [0.15, 0.2) is 0 Å². The third-order valence-electron chi connectivity index (χ3n) is 2.06. The van der Waals surface area contributed by atoms with E-state index >= 15 is 0 Å². The molecule has 0 bridgehead atoms. The van der Waals surface area contributed by atoms with E-state index < -0.39 is 5.60 Å². The molecule has 0 aliphatic carbocycles. The molecule has 0 fully saturated rings. The molecule has 0 rings (SSSR count). The Bertz CT molecular complexity index is 209. The Labute approximate surface area is 98.6 Å². The minimum Gasteiger partial charge on any atom is -0.444 e. The average Bonchev–Trinajstić information content (AvgIpc) is 2.08. The molecule has 0 aromatic rings. The van der Waals surface area contributed by atoms with Crippen LogP contribution in [-0.2, 0) is 4.74 Å². The van der Waals surface area contributed by atoms with Gasteiger partial charge in [-0.1, -0.05) is 0 Å². The van der Waals surface area contributed by atoms with Crippen molar-refractivity contribution in [1.82, 2.24) is 4.90 Å². The lowest BCUT2D eigenvalue weighted by Crippen LogP contribution is -2.41. The zero-order valence-electron chi connectivity index (χ0n) is 11.1. The Morgan fingerprint density at radius 3 is 2.25 bits per heavy atom. The van der Waals surface area contributed by atoms with Crippen LogP contribution in [0.2, 0.25) is 0 Å². The van der Waals surface area contributed by atoms with E-state index in [9.17, 15) is 4.79 Å². The number of ether oxygens (including phenoxy) is 1. The zero-order valence-corrected chi connectivity index (χ0v) is 11.1. The van der Waals surface area contributed by atoms with Gasteiger partial charge in [-0.15, -0.1) is 0 Å². The van der Waals surface area contributed by atoms with Crippen LogP contribution in [0, 0.1) is 0 Å². The largest absolute Gasteiger partial charge is 0.444 e. The molecular weight excluding hydrogens is 206 g/mol. The average molecular weight is 231 g/mol. The monoisotopic (exact) mass is 231 g/mol. The molecule has 0 atom stereocenters. The van der Waals surface area contributed by atoms with Gasteiger partial charge < -0.3 is 14.7 Å². The van der Waals surface area contributed by atoms with Crippen molar-refractivity contribution >= 4 is 6.09 Å². The highest BCUT2D eigenvalue weighted by Gasteiger charge is 2.23. The molecule has 0 aromatic carbocycles. The van der Waals surface area contributed by atoms with Crippen molar-refractivity contribution in [1.29, 1.82) is 0 Å². The lowest BCUT2D eigenvalue weighted by Gasteiger charge is -2.30. The van der Waals surface area contributed by atoms with Gasteiger partial charge in [-0.3, -0.25) is 0 Å². The fraction of sp³-hybridized carbons (Fsp3) is 0.917. The van der Waals surface area contributed by atoms with Crippen LogP contribution in [0.3, 0.4) is 0 Å². The van der Waals surface area contributed by atoms with Gasteiger partial charge in [-0.05, 0) is 47.5 Å². The van der Waals surface area contributed by atoms with Gasteiger partial charge in [0.15, 0.2) is 0 Å². The smallest absolute Gasteiger partial charge is 0.410 e. The van der Waals surface area contributed by atoms with Crippen molar-refractivity contribution in [2.75, 3.05) is 13.2 Å². The first-order chi connectivity index (χ1) is 7.28. The van der Waals surface area contributed by atoms with Gasteiger partial charge in [-0.25, -0.2) is 4.79 Å². The van der Waals surface area contributed by atoms with E-state index in [0.29, 0.717) is 13.0 Å². The predicted molar refractivity (Wildman–Crippen MR) is 64.4 cm³/mol. The van der Waals surface area contributed by atoms with Crippen molar-refractivity contribution in [3.63, 3.8) is 0 Å². The van der Waals surface area contributed by atoms with Gasteiger partial charge in [0.05, 0.1) is 0 Å². The number of carbonyl (C=O) groups excluding carboxylic acids is 1. The van der Waals surface area contributed by atoms with Crippen molar-refractivity contribution in [3.8, 4) is 0 Å². The molecule has 0 aliphatic heterocycles. The molecule has 0 unspecified atom stereocenters. The first-order valence-corrected chi connectivity index (χ1v) is 5.88. The maximum Gasteiger partial charge on any atom is 0.410 e. The third-order valence-corrected chi connectivity index (χ3v) is 2.06. The van der Waals surface area contributed by atoms with Gasteiger partial charge in [0, 0.05) is 19.2 Å². The number of hydrogen-bond donors (Lipinski definition) is 1. The van der Waals surface area contributed by atoms with Gasteiger partial charge in [0.25, 0.3) is 0 Å². The second-order valence-electron chi connectivity index (χ2n) is 5.20. The number of aliphatic hydroxyl groups is 1. The molecule has 0 spiro atoms. The number of aliphatic hydroxyl groups excluding tert-OH is 1. The summed E-state index contributed by atoms with van der Waals surface area (Å²) < 4.78 is 5.32. The normalized spacial score (nSPS) is 11.7. The SMILES string of the molecule is CC(C)N(CCCCO)C(=O)OC(C)(C)C. The summed E-state index contributed by atoms with van der Waals surface area (Å²) in [5.74, 6) is 0. The van der Waals surface area contributed by atoms with E-state index in [4.69, 9.17) is 9.84 Å². The Balaban J connectivity index is 4.25. The fourth-order valence-electron chi connectivity index (χ4n) is 1.27. The summed E-state index contributed by atoms with van der Waals surface area (Å²) in [6.07, 6.45) is 1.24. The van der Waals surface area contributed by atoms with Crippen LogP contribution >= 0.6 is 0 Å². The summed E-state index contributed by atoms with van der Waals surface area (Å²) >= 11 is 0. The van der Waals surface area contributed by atoms with Gasteiger partial charge >= 0.3 is 6.09 Å². The molecule has 1 N–H and O–H groups in total. The quantitative estimate of drug-likeness (QED) is 0.739. The number of rotatable bonds is 5. The second kappa shape index (κ2) is 6.74. The molecule has 0 radical (unpaired) electrons. The maximum atomic E-state index is 11.8. The Kier molecular flexibility index (Phi) is 6.41. The Morgan fingerprint density at radius 1 is 1.31 bits per heavy atom. The van der Waals surface area contributed by atoms with E-state index in [1.807, 2.05) is 34.6 Å². The molecule has 0 aliphatic rings. The Morgan fingerprint density at radius 2 is 1.88 bits per heavy atom. The summed E-state index contributed by atoms with van der Waals surface area (Å²) in [6, 6.07) is 0.119. The van der Waals surface area contributed by atoms with Crippen LogP contribution < -0.4 is 0 Å². The molecule has 96 valence electrons. The fourth-order valence-corrected chi connectivity index (χ4v) is 1.27. The van der Waals surface area contributed by atoms with E-state index in [0.717, 1.165) is 6.42 Å². The van der Waals surface area contributed by atoms with E-state index in [1.54, 1.807) is 4.90 Å². The summed E-state index contributed by atoms with van der Waals surface area (Å²) in [4.78, 5) is 13.5. The molecule has 1 amide bonds. The first kappa shape index (κ1) is 15.2. The lowest BCUT2D eigenvalue weighted by atomic mass is 10.2. The highest BCUT2D eigenvalue weighted by Crippen LogP contribution is 2.12. The predicted octanol–water partition coefficient (Wildman–Crippen LogP) is 2.40. The van der Waals surface area contributed by atoms with E-state index in [1.165, 1.54) is 0 Å². The van der Waals surface area contributed by atoms with Crippen LogP contribution in [0.5, 0.6) is 0 Å². The summed E-state index contributed by atoms with van der Waals surface area (Å²) in [5, 5.41) is 8.71. The number of nitrogens with zero attached hydrogens (tertiary/aromatic N) is 1. The van der Waals surface area contributed by atoms with Gasteiger partial charge in [0.2, 0.25) is 0 Å². The minimum absolute atomic E-state index is 0.119. The standard InChI is InChI=1S/C12H25NO3/c1-10(2)13(8-6-7-9-14)11(15)16-12(3,4)5/h10,14H,6-9H2,1-5H3. The second-order valence-corrected chi connectivity index (χ2v) is 5.20. The van der Waals surface area contributed by atoms with Crippen molar-refractivity contribution in [2.45, 2.75) is 59.1 Å². The highest BCUT2D eigenvalue weighted by molar-refractivity contribution is 5.68. The van der Waals surface area contributed by atoms with Crippen LogP contribution in [0.4, 0.5) is 4.79 Å². The minimum atomic E-state index is -0.457. The molecule has 0 saturated carbocycles.